The van der Waals surface area contributed by atoms with Crippen molar-refractivity contribution in [3.63, 3.8) is 0 Å². The van der Waals surface area contributed by atoms with Crippen molar-refractivity contribution in [2.75, 3.05) is 13.2 Å². The van der Waals surface area contributed by atoms with Gasteiger partial charge in [0.05, 0.1) is 0 Å². The second-order valence-corrected chi connectivity index (χ2v) is 5.40. The molecular formula is C13H25NO2. The maximum atomic E-state index is 11.8. The van der Waals surface area contributed by atoms with Crippen molar-refractivity contribution in [2.45, 2.75) is 46.6 Å². The molecule has 16 heavy (non-hydrogen) atoms. The summed E-state index contributed by atoms with van der Waals surface area (Å²) in [4.78, 5) is 11.8. The van der Waals surface area contributed by atoms with Gasteiger partial charge in [0.2, 0.25) is 5.91 Å². The Morgan fingerprint density at radius 1 is 1.31 bits per heavy atom. The van der Waals surface area contributed by atoms with Gasteiger partial charge < -0.3 is 10.1 Å². The van der Waals surface area contributed by atoms with Crippen LogP contribution in [-0.4, -0.2) is 25.2 Å². The van der Waals surface area contributed by atoms with E-state index in [9.17, 15) is 4.79 Å². The first kappa shape index (κ1) is 13.5. The molecule has 1 atom stereocenters. The molecule has 0 aromatic heterocycles. The van der Waals surface area contributed by atoms with Crippen LogP contribution in [0.2, 0.25) is 0 Å². The van der Waals surface area contributed by atoms with Gasteiger partial charge in [0.1, 0.15) is 6.10 Å². The predicted octanol–water partition coefficient (Wildman–Crippen LogP) is 2.21. The number of rotatable bonds is 5. The summed E-state index contributed by atoms with van der Waals surface area (Å²) in [6.07, 6.45) is 1.69. The molecule has 0 radical (unpaired) electrons. The van der Waals surface area contributed by atoms with Crippen LogP contribution in [0.5, 0.6) is 0 Å². The molecule has 94 valence electrons. The lowest BCUT2D eigenvalue weighted by atomic mass is 9.85. The summed E-state index contributed by atoms with van der Waals surface area (Å²) in [5.41, 5.74) is 0. The maximum absolute atomic E-state index is 11.8. The molecular weight excluding hydrogens is 202 g/mol. The summed E-state index contributed by atoms with van der Waals surface area (Å²) >= 11 is 0. The van der Waals surface area contributed by atoms with Crippen molar-refractivity contribution in [3.05, 3.63) is 0 Å². The second kappa shape index (κ2) is 6.24. The quantitative estimate of drug-likeness (QED) is 0.782. The fraction of sp³-hybridized carbons (Fsp3) is 0.923. The van der Waals surface area contributed by atoms with Crippen LogP contribution >= 0.6 is 0 Å². The van der Waals surface area contributed by atoms with E-state index in [1.807, 2.05) is 0 Å². The molecule has 0 spiro atoms. The maximum Gasteiger partial charge on any atom is 0.249 e. The van der Waals surface area contributed by atoms with E-state index < -0.39 is 0 Å². The molecule has 1 unspecified atom stereocenters. The minimum Gasteiger partial charge on any atom is -0.368 e. The highest BCUT2D eigenvalue weighted by atomic mass is 16.5. The molecule has 3 nitrogen and oxygen atoms in total. The largest absolute Gasteiger partial charge is 0.368 e. The van der Waals surface area contributed by atoms with Gasteiger partial charge in [-0.15, -0.1) is 0 Å². The summed E-state index contributed by atoms with van der Waals surface area (Å²) in [6.45, 7) is 10.3. The van der Waals surface area contributed by atoms with E-state index in [-0.39, 0.29) is 12.0 Å². The van der Waals surface area contributed by atoms with Crippen LogP contribution in [0.3, 0.4) is 0 Å². The van der Waals surface area contributed by atoms with Crippen LogP contribution in [0.4, 0.5) is 0 Å². The van der Waals surface area contributed by atoms with E-state index in [1.165, 1.54) is 0 Å². The van der Waals surface area contributed by atoms with E-state index in [2.05, 4.69) is 33.0 Å². The third-order valence-electron chi connectivity index (χ3n) is 3.45. The molecule has 0 aromatic carbocycles. The van der Waals surface area contributed by atoms with E-state index in [0.29, 0.717) is 17.8 Å². The number of carbonyl (C=O) groups is 1. The van der Waals surface area contributed by atoms with Gasteiger partial charge in [0, 0.05) is 13.2 Å². The number of carbonyl (C=O) groups excluding carboxylic acids is 1. The van der Waals surface area contributed by atoms with E-state index >= 15 is 0 Å². The SMILES string of the molecule is CC(C)C(CNC(=O)C1CCCO1)C(C)C. The Balaban J connectivity index is 2.33. The zero-order valence-electron chi connectivity index (χ0n) is 11.0. The third kappa shape index (κ3) is 3.78. The van der Waals surface area contributed by atoms with Crippen molar-refractivity contribution in [3.8, 4) is 0 Å². The topological polar surface area (TPSA) is 38.3 Å². The van der Waals surface area contributed by atoms with Crippen LogP contribution in [0, 0.1) is 17.8 Å². The first-order valence-electron chi connectivity index (χ1n) is 6.41. The van der Waals surface area contributed by atoms with Crippen molar-refractivity contribution >= 4 is 5.91 Å². The number of ether oxygens (including phenoxy) is 1. The van der Waals surface area contributed by atoms with Gasteiger partial charge in [-0.25, -0.2) is 0 Å². The van der Waals surface area contributed by atoms with Crippen LogP contribution in [0.25, 0.3) is 0 Å². The Morgan fingerprint density at radius 3 is 2.38 bits per heavy atom. The standard InChI is InChI=1S/C13H25NO2/c1-9(2)11(10(3)4)8-14-13(15)12-6-5-7-16-12/h9-12H,5-8H2,1-4H3,(H,14,15). The zero-order valence-corrected chi connectivity index (χ0v) is 11.0. The summed E-state index contributed by atoms with van der Waals surface area (Å²) in [5.74, 6) is 1.82. The molecule has 0 aliphatic carbocycles. The monoisotopic (exact) mass is 227 g/mol. The van der Waals surface area contributed by atoms with Gasteiger partial charge in [-0.2, -0.15) is 0 Å². The van der Waals surface area contributed by atoms with Crippen molar-refractivity contribution in [2.24, 2.45) is 17.8 Å². The smallest absolute Gasteiger partial charge is 0.249 e. The Bertz CT molecular complexity index is 212. The summed E-state index contributed by atoms with van der Waals surface area (Å²) in [6, 6.07) is 0. The molecule has 3 heteroatoms. The highest BCUT2D eigenvalue weighted by Gasteiger charge is 2.25. The number of amides is 1. The van der Waals surface area contributed by atoms with Gasteiger partial charge >= 0.3 is 0 Å². The van der Waals surface area contributed by atoms with Gasteiger partial charge in [0.25, 0.3) is 0 Å². The molecule has 1 amide bonds. The molecule has 1 aliphatic rings. The van der Waals surface area contributed by atoms with Crippen molar-refractivity contribution in [1.29, 1.82) is 0 Å². The van der Waals surface area contributed by atoms with Crippen LogP contribution < -0.4 is 5.32 Å². The van der Waals surface area contributed by atoms with Gasteiger partial charge in [-0.3, -0.25) is 4.79 Å². The average Bonchev–Trinajstić information content (AvgIpc) is 2.69. The van der Waals surface area contributed by atoms with Gasteiger partial charge in [-0.1, -0.05) is 27.7 Å². The number of hydrogen-bond acceptors (Lipinski definition) is 2. The van der Waals surface area contributed by atoms with E-state index in [1.54, 1.807) is 0 Å². The molecule has 1 N–H and O–H groups in total. The minimum atomic E-state index is -0.194. The molecule has 1 rings (SSSR count). The summed E-state index contributed by atoms with van der Waals surface area (Å²) in [7, 11) is 0. The predicted molar refractivity (Wildman–Crippen MR) is 65.1 cm³/mol. The molecule has 0 aromatic rings. The lowest BCUT2D eigenvalue weighted by molar-refractivity contribution is -0.130. The fourth-order valence-corrected chi connectivity index (χ4v) is 2.36. The molecule has 0 bridgehead atoms. The minimum absolute atomic E-state index is 0.0730. The second-order valence-electron chi connectivity index (χ2n) is 5.40. The zero-order chi connectivity index (χ0) is 12.1. The Hall–Kier alpha value is -0.570. The molecule has 1 heterocycles. The number of hydrogen-bond donors (Lipinski definition) is 1. The first-order valence-corrected chi connectivity index (χ1v) is 6.41. The Labute approximate surface area is 98.9 Å². The van der Waals surface area contributed by atoms with E-state index in [4.69, 9.17) is 4.74 Å². The molecule has 1 saturated heterocycles. The molecule has 1 aliphatic heterocycles. The lowest BCUT2D eigenvalue weighted by Crippen LogP contribution is -2.39. The van der Waals surface area contributed by atoms with Gasteiger partial charge in [0.15, 0.2) is 0 Å². The van der Waals surface area contributed by atoms with Crippen molar-refractivity contribution < 1.29 is 9.53 Å². The molecule has 1 fully saturated rings. The van der Waals surface area contributed by atoms with Crippen LogP contribution in [-0.2, 0) is 9.53 Å². The fourth-order valence-electron chi connectivity index (χ4n) is 2.36. The van der Waals surface area contributed by atoms with Crippen LogP contribution in [0.15, 0.2) is 0 Å². The Morgan fingerprint density at radius 2 is 1.94 bits per heavy atom. The third-order valence-corrected chi connectivity index (χ3v) is 3.45. The van der Waals surface area contributed by atoms with Crippen molar-refractivity contribution in [1.82, 2.24) is 5.32 Å². The number of nitrogens with one attached hydrogen (secondary N) is 1. The normalized spacial score (nSPS) is 21.1. The van der Waals surface area contributed by atoms with Gasteiger partial charge in [-0.05, 0) is 30.6 Å². The lowest BCUT2D eigenvalue weighted by Gasteiger charge is -2.25. The summed E-state index contributed by atoms with van der Waals surface area (Å²) < 4.78 is 5.36. The average molecular weight is 227 g/mol. The highest BCUT2D eigenvalue weighted by Crippen LogP contribution is 2.20. The first-order chi connectivity index (χ1) is 7.52. The van der Waals surface area contributed by atoms with E-state index in [0.717, 1.165) is 26.0 Å². The highest BCUT2D eigenvalue weighted by molar-refractivity contribution is 5.80. The Kier molecular flexibility index (Phi) is 5.26. The molecule has 0 saturated carbocycles. The summed E-state index contributed by atoms with van der Waals surface area (Å²) in [5, 5.41) is 3.02. The van der Waals surface area contributed by atoms with Crippen LogP contribution in [0.1, 0.15) is 40.5 Å².